The second-order valence-corrected chi connectivity index (χ2v) is 8.91. The molecule has 2 heterocycles. The van der Waals surface area contributed by atoms with Crippen LogP contribution in [0.4, 0.5) is 0 Å². The Balaban J connectivity index is 1.57. The molecule has 0 bridgehead atoms. The third-order valence-corrected chi connectivity index (χ3v) is 6.96. The molecule has 1 N–H and O–H groups in total. The monoisotopic (exact) mass is 410 g/mol. The molecule has 29 heavy (non-hydrogen) atoms. The summed E-state index contributed by atoms with van der Waals surface area (Å²) in [4.78, 5) is 13.0. The van der Waals surface area contributed by atoms with Gasteiger partial charge in [-0.1, -0.05) is 48.5 Å². The average Bonchev–Trinajstić information content (AvgIpc) is 3.09. The van der Waals surface area contributed by atoms with Crippen molar-refractivity contribution in [2.45, 2.75) is 24.4 Å². The van der Waals surface area contributed by atoms with Gasteiger partial charge in [-0.15, -0.1) is 0 Å². The van der Waals surface area contributed by atoms with Crippen molar-refractivity contribution in [1.29, 1.82) is 0 Å². The third kappa shape index (κ3) is 3.81. The average molecular weight is 410 g/mol. The van der Waals surface area contributed by atoms with Gasteiger partial charge in [0.25, 0.3) is 5.91 Å². The van der Waals surface area contributed by atoms with Gasteiger partial charge in [0.2, 0.25) is 10.0 Å². The van der Waals surface area contributed by atoms with Crippen LogP contribution >= 0.6 is 0 Å². The number of hydrogen-bond donors (Lipinski definition) is 1. The Kier molecular flexibility index (Phi) is 5.21. The summed E-state index contributed by atoms with van der Waals surface area (Å²) >= 11 is 0. The van der Waals surface area contributed by atoms with E-state index < -0.39 is 10.0 Å². The van der Waals surface area contributed by atoms with Crippen LogP contribution in [0, 0.1) is 0 Å². The molecule has 2 aromatic carbocycles. The number of aryl methyl sites for hydroxylation is 1. The summed E-state index contributed by atoms with van der Waals surface area (Å²) < 4.78 is 29.1. The van der Waals surface area contributed by atoms with Crippen molar-refractivity contribution in [1.82, 2.24) is 19.4 Å². The minimum absolute atomic E-state index is 0.133. The fraction of sp³-hybridized carbons (Fsp3) is 0.238. The first-order valence-electron chi connectivity index (χ1n) is 9.39. The predicted molar refractivity (Wildman–Crippen MR) is 109 cm³/mol. The molecule has 0 spiro atoms. The van der Waals surface area contributed by atoms with Gasteiger partial charge in [-0.25, -0.2) is 8.42 Å². The zero-order valence-corrected chi connectivity index (χ0v) is 16.9. The summed E-state index contributed by atoms with van der Waals surface area (Å²) in [6.45, 7) is 0.875. The molecule has 0 aliphatic carbocycles. The van der Waals surface area contributed by atoms with E-state index in [9.17, 15) is 13.2 Å². The number of nitrogens with zero attached hydrogens (tertiary/aromatic N) is 3. The van der Waals surface area contributed by atoms with Crippen LogP contribution < -0.4 is 5.32 Å². The molecule has 1 aromatic heterocycles. The SMILES string of the molecule is Cn1nc(C(=O)NCc2ccccc2)c2c1CCN(S(=O)(=O)c1ccccc1)C2. The van der Waals surface area contributed by atoms with Crippen molar-refractivity contribution in [3.8, 4) is 0 Å². The maximum absolute atomic E-state index is 13.0. The number of hydrogen-bond acceptors (Lipinski definition) is 4. The van der Waals surface area contributed by atoms with Gasteiger partial charge in [-0.05, 0) is 17.7 Å². The van der Waals surface area contributed by atoms with Crippen LogP contribution in [0.1, 0.15) is 27.3 Å². The van der Waals surface area contributed by atoms with Crippen molar-refractivity contribution < 1.29 is 13.2 Å². The summed E-state index contributed by atoms with van der Waals surface area (Å²) in [5.74, 6) is -0.301. The number of aromatic nitrogens is 2. The van der Waals surface area contributed by atoms with Crippen LogP contribution in [0.3, 0.4) is 0 Å². The van der Waals surface area contributed by atoms with Crippen LogP contribution in [-0.4, -0.2) is 35.0 Å². The van der Waals surface area contributed by atoms with Crippen molar-refractivity contribution in [3.63, 3.8) is 0 Å². The van der Waals surface area contributed by atoms with Gasteiger partial charge in [0, 0.05) is 44.4 Å². The molecular formula is C21H22N4O3S. The fourth-order valence-electron chi connectivity index (χ4n) is 3.56. The Bertz CT molecular complexity index is 1130. The van der Waals surface area contributed by atoms with Crippen molar-refractivity contribution in [2.24, 2.45) is 7.05 Å². The third-order valence-electron chi connectivity index (χ3n) is 5.10. The van der Waals surface area contributed by atoms with Gasteiger partial charge in [0.15, 0.2) is 5.69 Å². The molecule has 3 aromatic rings. The Morgan fingerprint density at radius 1 is 1.07 bits per heavy atom. The highest BCUT2D eigenvalue weighted by Crippen LogP contribution is 2.27. The van der Waals surface area contributed by atoms with Gasteiger partial charge in [-0.2, -0.15) is 9.40 Å². The lowest BCUT2D eigenvalue weighted by molar-refractivity contribution is 0.0943. The van der Waals surface area contributed by atoms with Crippen molar-refractivity contribution in [3.05, 3.63) is 83.2 Å². The predicted octanol–water partition coefficient (Wildman–Crippen LogP) is 2.10. The lowest BCUT2D eigenvalue weighted by Crippen LogP contribution is -2.37. The van der Waals surface area contributed by atoms with Gasteiger partial charge in [0.1, 0.15) is 0 Å². The lowest BCUT2D eigenvalue weighted by atomic mass is 10.1. The second-order valence-electron chi connectivity index (χ2n) is 6.97. The molecule has 1 aliphatic rings. The van der Waals surface area contributed by atoms with Crippen LogP contribution in [0.25, 0.3) is 0 Å². The summed E-state index contributed by atoms with van der Waals surface area (Å²) in [6, 6.07) is 18.0. The molecule has 0 saturated heterocycles. The first kappa shape index (κ1) is 19.4. The highest BCUT2D eigenvalue weighted by molar-refractivity contribution is 7.89. The maximum atomic E-state index is 13.0. The van der Waals surface area contributed by atoms with E-state index in [0.29, 0.717) is 25.1 Å². The minimum atomic E-state index is -3.63. The highest BCUT2D eigenvalue weighted by atomic mass is 32.2. The normalized spacial score (nSPS) is 14.4. The summed E-state index contributed by atoms with van der Waals surface area (Å²) in [5.41, 5.74) is 2.84. The largest absolute Gasteiger partial charge is 0.347 e. The van der Waals surface area contributed by atoms with Crippen molar-refractivity contribution in [2.75, 3.05) is 6.54 Å². The zero-order chi connectivity index (χ0) is 20.4. The lowest BCUT2D eigenvalue weighted by Gasteiger charge is -2.26. The Morgan fingerprint density at radius 2 is 1.72 bits per heavy atom. The summed E-state index contributed by atoms with van der Waals surface area (Å²) in [6.07, 6.45) is 0.511. The van der Waals surface area contributed by atoms with Gasteiger partial charge < -0.3 is 5.32 Å². The maximum Gasteiger partial charge on any atom is 0.272 e. The number of benzene rings is 2. The van der Waals surface area contributed by atoms with Crippen molar-refractivity contribution >= 4 is 15.9 Å². The first-order chi connectivity index (χ1) is 14.0. The minimum Gasteiger partial charge on any atom is -0.347 e. The molecule has 150 valence electrons. The van der Waals surface area contributed by atoms with E-state index in [1.807, 2.05) is 30.3 Å². The molecule has 0 fully saturated rings. The topological polar surface area (TPSA) is 84.3 Å². The molecule has 0 unspecified atom stereocenters. The molecule has 4 rings (SSSR count). The highest BCUT2D eigenvalue weighted by Gasteiger charge is 2.33. The number of nitrogens with one attached hydrogen (secondary N) is 1. The van der Waals surface area contributed by atoms with E-state index in [-0.39, 0.29) is 23.0 Å². The van der Waals surface area contributed by atoms with Crippen LogP contribution in [0.15, 0.2) is 65.6 Å². The number of carbonyl (C=O) groups is 1. The smallest absolute Gasteiger partial charge is 0.272 e. The van der Waals surface area contributed by atoms with E-state index in [1.54, 1.807) is 42.1 Å². The quantitative estimate of drug-likeness (QED) is 0.698. The molecule has 7 nitrogen and oxygen atoms in total. The Labute approximate surface area is 170 Å². The molecule has 0 radical (unpaired) electrons. The second kappa shape index (κ2) is 7.81. The van der Waals surface area contributed by atoms with Gasteiger partial charge >= 0.3 is 0 Å². The number of carbonyl (C=O) groups excluding carboxylic acids is 1. The first-order valence-corrected chi connectivity index (χ1v) is 10.8. The van der Waals surface area contributed by atoms with Crippen LogP contribution in [-0.2, 0) is 36.6 Å². The number of amides is 1. The molecule has 8 heteroatoms. The molecule has 1 amide bonds. The summed E-state index contributed by atoms with van der Waals surface area (Å²) in [7, 11) is -1.84. The Hall–Kier alpha value is -2.97. The zero-order valence-electron chi connectivity index (χ0n) is 16.1. The molecule has 1 aliphatic heterocycles. The van der Waals surface area contributed by atoms with E-state index in [4.69, 9.17) is 0 Å². The molecule has 0 saturated carbocycles. The standard InChI is InChI=1S/C21H22N4O3S/c1-24-19-12-13-25(29(27,28)17-10-6-3-7-11-17)15-18(19)20(23-24)21(26)22-14-16-8-4-2-5-9-16/h2-11H,12-15H2,1H3,(H,22,26). The van der Waals surface area contributed by atoms with E-state index in [1.165, 1.54) is 4.31 Å². The summed E-state index contributed by atoms with van der Waals surface area (Å²) in [5, 5.41) is 7.26. The number of fused-ring (bicyclic) bond motifs is 1. The van der Waals surface area contributed by atoms with E-state index in [0.717, 1.165) is 11.3 Å². The Morgan fingerprint density at radius 3 is 2.41 bits per heavy atom. The van der Waals surface area contributed by atoms with Crippen LogP contribution in [0.5, 0.6) is 0 Å². The van der Waals surface area contributed by atoms with Crippen LogP contribution in [0.2, 0.25) is 0 Å². The number of rotatable bonds is 5. The fourth-order valence-corrected chi connectivity index (χ4v) is 4.99. The molecular weight excluding hydrogens is 388 g/mol. The molecule has 0 atom stereocenters. The number of sulfonamides is 1. The van der Waals surface area contributed by atoms with E-state index >= 15 is 0 Å². The van der Waals surface area contributed by atoms with E-state index in [2.05, 4.69) is 10.4 Å². The van der Waals surface area contributed by atoms with Gasteiger partial charge in [-0.3, -0.25) is 9.48 Å². The van der Waals surface area contributed by atoms with Gasteiger partial charge in [0.05, 0.1) is 4.90 Å².